The second-order valence-corrected chi connectivity index (χ2v) is 6.08. The van der Waals surface area contributed by atoms with Gasteiger partial charge in [0.2, 0.25) is 0 Å². The van der Waals surface area contributed by atoms with Crippen molar-refractivity contribution in [2.45, 2.75) is 53.6 Å². The van der Waals surface area contributed by atoms with Crippen molar-refractivity contribution in [1.82, 2.24) is 20.0 Å². The third kappa shape index (κ3) is 3.23. The van der Waals surface area contributed by atoms with Gasteiger partial charge in [0, 0.05) is 30.4 Å². The highest BCUT2D eigenvalue weighted by Crippen LogP contribution is 2.22. The van der Waals surface area contributed by atoms with E-state index in [9.17, 15) is 0 Å². The first kappa shape index (κ1) is 15.5. The molecule has 1 aliphatic heterocycles. The zero-order valence-corrected chi connectivity index (χ0v) is 13.7. The molecule has 2 rings (SSSR count). The smallest absolute Gasteiger partial charge is 0.0644 e. The molecule has 0 spiro atoms. The maximum Gasteiger partial charge on any atom is 0.0644 e. The normalized spacial score (nSPS) is 21.6. The zero-order chi connectivity index (χ0) is 14.7. The van der Waals surface area contributed by atoms with E-state index in [0.717, 1.165) is 19.0 Å². The molecular weight excluding hydrogens is 248 g/mol. The van der Waals surface area contributed by atoms with Gasteiger partial charge in [0.15, 0.2) is 0 Å². The molecule has 2 unspecified atom stereocenters. The third-order valence-corrected chi connectivity index (χ3v) is 4.70. The van der Waals surface area contributed by atoms with Crippen molar-refractivity contribution in [2.24, 2.45) is 5.92 Å². The van der Waals surface area contributed by atoms with E-state index in [1.165, 1.54) is 43.0 Å². The van der Waals surface area contributed by atoms with E-state index in [-0.39, 0.29) is 0 Å². The van der Waals surface area contributed by atoms with Crippen LogP contribution >= 0.6 is 0 Å². The number of aromatic nitrogens is 2. The van der Waals surface area contributed by atoms with Crippen molar-refractivity contribution in [3.63, 3.8) is 0 Å². The molecule has 1 aromatic rings. The Morgan fingerprint density at radius 1 is 1.30 bits per heavy atom. The molecule has 114 valence electrons. The van der Waals surface area contributed by atoms with Crippen LogP contribution in [0.1, 0.15) is 50.2 Å². The Labute approximate surface area is 123 Å². The number of rotatable bonds is 6. The minimum absolute atomic E-state index is 0.394. The number of nitrogens with zero attached hydrogens (tertiary/aromatic N) is 3. The van der Waals surface area contributed by atoms with Crippen molar-refractivity contribution in [3.05, 3.63) is 17.0 Å². The average molecular weight is 278 g/mol. The number of nitrogens with one attached hydrogen (secondary N) is 1. The summed E-state index contributed by atoms with van der Waals surface area (Å²) in [6.45, 7) is 16.8. The molecule has 0 radical (unpaired) electrons. The van der Waals surface area contributed by atoms with Gasteiger partial charge in [0.25, 0.3) is 0 Å². The van der Waals surface area contributed by atoms with Gasteiger partial charge in [0.05, 0.1) is 5.69 Å². The highest BCUT2D eigenvalue weighted by atomic mass is 15.3. The largest absolute Gasteiger partial charge is 0.310 e. The third-order valence-electron chi connectivity index (χ3n) is 4.70. The number of hydrogen-bond donors (Lipinski definition) is 1. The molecule has 1 aliphatic rings. The Morgan fingerprint density at radius 3 is 2.60 bits per heavy atom. The Bertz CT molecular complexity index is 438. The Balaban J connectivity index is 1.92. The van der Waals surface area contributed by atoms with Crippen molar-refractivity contribution in [3.8, 4) is 0 Å². The van der Waals surface area contributed by atoms with Crippen molar-refractivity contribution in [1.29, 1.82) is 0 Å². The molecule has 2 atom stereocenters. The molecule has 20 heavy (non-hydrogen) atoms. The van der Waals surface area contributed by atoms with E-state index in [2.05, 4.69) is 54.6 Å². The van der Waals surface area contributed by atoms with Crippen molar-refractivity contribution < 1.29 is 0 Å². The fourth-order valence-corrected chi connectivity index (χ4v) is 3.46. The van der Waals surface area contributed by atoms with Gasteiger partial charge in [0.1, 0.15) is 0 Å². The van der Waals surface area contributed by atoms with Crippen LogP contribution in [0.2, 0.25) is 0 Å². The van der Waals surface area contributed by atoms with E-state index in [0.29, 0.717) is 6.04 Å². The molecule has 0 saturated carbocycles. The molecule has 0 bridgehead atoms. The fourth-order valence-electron chi connectivity index (χ4n) is 3.46. The van der Waals surface area contributed by atoms with Gasteiger partial charge in [-0.3, -0.25) is 4.68 Å². The number of aryl methyl sites for hydroxylation is 2. The van der Waals surface area contributed by atoms with E-state index >= 15 is 0 Å². The summed E-state index contributed by atoms with van der Waals surface area (Å²) in [5.74, 6) is 0.805. The van der Waals surface area contributed by atoms with Crippen LogP contribution in [-0.4, -0.2) is 40.9 Å². The lowest BCUT2D eigenvalue weighted by molar-refractivity contribution is 0.336. The predicted molar refractivity (Wildman–Crippen MR) is 84.0 cm³/mol. The van der Waals surface area contributed by atoms with Crippen LogP contribution in [0.3, 0.4) is 0 Å². The van der Waals surface area contributed by atoms with Crippen molar-refractivity contribution >= 4 is 0 Å². The molecule has 1 aromatic heterocycles. The summed E-state index contributed by atoms with van der Waals surface area (Å²) >= 11 is 0. The highest BCUT2D eigenvalue weighted by molar-refractivity contribution is 5.27. The minimum Gasteiger partial charge on any atom is -0.310 e. The van der Waals surface area contributed by atoms with Gasteiger partial charge in [-0.25, -0.2) is 0 Å². The maximum atomic E-state index is 4.62. The number of hydrogen-bond acceptors (Lipinski definition) is 3. The van der Waals surface area contributed by atoms with E-state index in [1.54, 1.807) is 0 Å². The summed E-state index contributed by atoms with van der Waals surface area (Å²) < 4.78 is 2.11. The summed E-state index contributed by atoms with van der Waals surface area (Å²) in [7, 11) is 0. The van der Waals surface area contributed by atoms with Crippen LogP contribution < -0.4 is 5.32 Å². The van der Waals surface area contributed by atoms with Crippen LogP contribution in [-0.2, 0) is 6.54 Å². The highest BCUT2D eigenvalue weighted by Gasteiger charge is 2.23. The Kier molecular flexibility index (Phi) is 5.22. The summed E-state index contributed by atoms with van der Waals surface area (Å²) in [6, 6.07) is 0.394. The standard InChI is InChI=1S/C16H30N4/c1-6-19-9-8-15(11-19)10-17-12(3)16-13(4)18-20(7-2)14(16)5/h12,15,17H,6-11H2,1-5H3. The molecule has 1 fully saturated rings. The van der Waals surface area contributed by atoms with Crippen molar-refractivity contribution in [2.75, 3.05) is 26.2 Å². The first-order valence-corrected chi connectivity index (χ1v) is 8.06. The molecular formula is C16H30N4. The van der Waals surface area contributed by atoms with Gasteiger partial charge in [-0.1, -0.05) is 6.92 Å². The average Bonchev–Trinajstić information content (AvgIpc) is 3.00. The van der Waals surface area contributed by atoms with Crippen LogP contribution in [0.15, 0.2) is 0 Å². The Morgan fingerprint density at radius 2 is 2.05 bits per heavy atom. The second kappa shape index (κ2) is 6.72. The first-order chi connectivity index (χ1) is 9.56. The second-order valence-electron chi connectivity index (χ2n) is 6.08. The molecule has 0 aliphatic carbocycles. The summed E-state index contributed by atoms with van der Waals surface area (Å²) in [5, 5.41) is 8.35. The van der Waals surface area contributed by atoms with Crippen LogP contribution in [0, 0.1) is 19.8 Å². The fraction of sp³-hybridized carbons (Fsp3) is 0.812. The molecule has 1 saturated heterocycles. The molecule has 0 amide bonds. The zero-order valence-electron chi connectivity index (χ0n) is 13.7. The Hall–Kier alpha value is -0.870. The van der Waals surface area contributed by atoms with Gasteiger partial charge in [-0.05, 0) is 59.7 Å². The molecule has 4 nitrogen and oxygen atoms in total. The van der Waals surface area contributed by atoms with E-state index in [1.807, 2.05) is 0 Å². The van der Waals surface area contributed by atoms with E-state index in [4.69, 9.17) is 0 Å². The van der Waals surface area contributed by atoms with E-state index < -0.39 is 0 Å². The maximum absolute atomic E-state index is 4.62. The van der Waals surface area contributed by atoms with Gasteiger partial charge in [-0.15, -0.1) is 0 Å². The summed E-state index contributed by atoms with van der Waals surface area (Å²) in [6.07, 6.45) is 1.33. The van der Waals surface area contributed by atoms with Gasteiger partial charge >= 0.3 is 0 Å². The molecule has 2 heterocycles. The molecule has 1 N–H and O–H groups in total. The molecule has 4 heteroatoms. The van der Waals surface area contributed by atoms with Gasteiger partial charge < -0.3 is 10.2 Å². The van der Waals surface area contributed by atoms with Gasteiger partial charge in [-0.2, -0.15) is 5.10 Å². The quantitative estimate of drug-likeness (QED) is 0.868. The minimum atomic E-state index is 0.394. The lowest BCUT2D eigenvalue weighted by atomic mass is 10.0. The van der Waals surface area contributed by atoms with Crippen LogP contribution in [0.25, 0.3) is 0 Å². The molecule has 0 aromatic carbocycles. The first-order valence-electron chi connectivity index (χ1n) is 8.06. The predicted octanol–water partition coefficient (Wildman–Crippen LogP) is 2.51. The monoisotopic (exact) mass is 278 g/mol. The lowest BCUT2D eigenvalue weighted by Crippen LogP contribution is -2.28. The number of likely N-dealkylation sites (tertiary alicyclic amines) is 1. The van der Waals surface area contributed by atoms with Crippen LogP contribution in [0.4, 0.5) is 0 Å². The SMILES string of the molecule is CCN1CCC(CNC(C)c2c(C)nn(CC)c2C)C1. The lowest BCUT2D eigenvalue weighted by Gasteiger charge is -2.18. The summed E-state index contributed by atoms with van der Waals surface area (Å²) in [4.78, 5) is 2.54. The van der Waals surface area contributed by atoms with Crippen LogP contribution in [0.5, 0.6) is 0 Å². The topological polar surface area (TPSA) is 33.1 Å². The summed E-state index contributed by atoms with van der Waals surface area (Å²) in [5.41, 5.74) is 3.87.